The van der Waals surface area contributed by atoms with Gasteiger partial charge in [0.25, 0.3) is 0 Å². The number of hydrogen-bond donors (Lipinski definition) is 1. The molecule has 6 heteroatoms. The van der Waals surface area contributed by atoms with Gasteiger partial charge in [-0.1, -0.05) is 23.7 Å². The Bertz CT molecular complexity index is 627. The van der Waals surface area contributed by atoms with Gasteiger partial charge in [0.1, 0.15) is 11.9 Å². The number of carbonyl (C=O) groups excluding carboxylic acids is 1. The number of amides is 1. The second kappa shape index (κ2) is 7.84. The predicted octanol–water partition coefficient (Wildman–Crippen LogP) is 2.82. The molecule has 0 spiro atoms. The van der Waals surface area contributed by atoms with E-state index >= 15 is 0 Å². The summed E-state index contributed by atoms with van der Waals surface area (Å²) in [5, 5.41) is 7.56. The lowest BCUT2D eigenvalue weighted by Crippen LogP contribution is -2.34. The monoisotopic (exact) mass is 321 g/mol. The number of ether oxygens (including phenoxy) is 1. The Hall–Kier alpha value is -2.01. The van der Waals surface area contributed by atoms with E-state index in [0.717, 1.165) is 5.56 Å². The third-order valence-corrected chi connectivity index (χ3v) is 3.39. The minimum absolute atomic E-state index is 0.0252. The van der Waals surface area contributed by atoms with Crippen LogP contribution in [0.5, 0.6) is 5.75 Å². The van der Waals surface area contributed by atoms with E-state index in [-0.39, 0.29) is 12.0 Å². The van der Waals surface area contributed by atoms with E-state index in [1.165, 1.54) is 0 Å². The summed E-state index contributed by atoms with van der Waals surface area (Å²) in [6, 6.07) is 7.28. The van der Waals surface area contributed by atoms with Gasteiger partial charge < -0.3 is 10.1 Å². The maximum Gasteiger partial charge on any atom is 0.221 e. The van der Waals surface area contributed by atoms with Crippen LogP contribution in [0.1, 0.15) is 18.9 Å². The van der Waals surface area contributed by atoms with Gasteiger partial charge in [0.05, 0.1) is 17.8 Å². The van der Waals surface area contributed by atoms with Gasteiger partial charge in [-0.3, -0.25) is 9.48 Å². The number of halogens is 1. The first-order chi connectivity index (χ1) is 10.5. The van der Waals surface area contributed by atoms with Crippen LogP contribution in [-0.2, 0) is 11.3 Å². The van der Waals surface area contributed by atoms with Crippen molar-refractivity contribution < 1.29 is 9.53 Å². The van der Waals surface area contributed by atoms with E-state index < -0.39 is 0 Å². The minimum Gasteiger partial charge on any atom is -0.487 e. The summed E-state index contributed by atoms with van der Waals surface area (Å²) in [6.07, 6.45) is 3.92. The largest absolute Gasteiger partial charge is 0.487 e. The van der Waals surface area contributed by atoms with Crippen molar-refractivity contribution in [2.75, 3.05) is 6.54 Å². The quantitative estimate of drug-likeness (QED) is 0.853. The number of rotatable bonds is 7. The minimum atomic E-state index is -0.157. The SMILES string of the molecule is Cc1cnn(CCC(=O)NCC(C)Oc2ccccc2Cl)c1. The van der Waals surface area contributed by atoms with Crippen LogP contribution < -0.4 is 10.1 Å². The predicted molar refractivity (Wildman–Crippen MR) is 86.1 cm³/mol. The van der Waals surface area contributed by atoms with Gasteiger partial charge in [0.2, 0.25) is 5.91 Å². The smallest absolute Gasteiger partial charge is 0.221 e. The molecule has 1 atom stereocenters. The Labute approximate surface area is 135 Å². The highest BCUT2D eigenvalue weighted by molar-refractivity contribution is 6.32. The first-order valence-corrected chi connectivity index (χ1v) is 7.59. The van der Waals surface area contributed by atoms with Crippen LogP contribution in [0.25, 0.3) is 0 Å². The number of para-hydroxylation sites is 1. The number of aryl methyl sites for hydroxylation is 2. The molecule has 1 unspecified atom stereocenters. The summed E-state index contributed by atoms with van der Waals surface area (Å²) in [4.78, 5) is 11.8. The van der Waals surface area contributed by atoms with Crippen LogP contribution in [-0.4, -0.2) is 28.3 Å². The lowest BCUT2D eigenvalue weighted by Gasteiger charge is -2.16. The first kappa shape index (κ1) is 16.4. The Kier molecular flexibility index (Phi) is 5.83. The summed E-state index contributed by atoms with van der Waals surface area (Å²) in [6.45, 7) is 4.86. The number of hydrogen-bond acceptors (Lipinski definition) is 3. The standard InChI is InChI=1S/C16H20ClN3O2/c1-12-9-19-20(11-12)8-7-16(21)18-10-13(2)22-15-6-4-3-5-14(15)17/h3-6,9,11,13H,7-8,10H2,1-2H3,(H,18,21). The van der Waals surface area contributed by atoms with Gasteiger partial charge in [-0.05, 0) is 31.5 Å². The van der Waals surface area contributed by atoms with Crippen LogP contribution in [0.4, 0.5) is 0 Å². The van der Waals surface area contributed by atoms with Gasteiger partial charge in [0.15, 0.2) is 0 Å². The molecule has 0 aliphatic carbocycles. The molecule has 1 heterocycles. The molecule has 22 heavy (non-hydrogen) atoms. The van der Waals surface area contributed by atoms with E-state index in [0.29, 0.717) is 30.3 Å². The molecule has 1 aromatic heterocycles. The van der Waals surface area contributed by atoms with Crippen molar-refractivity contribution in [2.45, 2.75) is 32.9 Å². The third-order valence-electron chi connectivity index (χ3n) is 3.08. The van der Waals surface area contributed by atoms with Crippen LogP contribution in [0, 0.1) is 6.92 Å². The van der Waals surface area contributed by atoms with Crippen molar-refractivity contribution in [1.29, 1.82) is 0 Å². The van der Waals surface area contributed by atoms with Crippen molar-refractivity contribution in [3.8, 4) is 5.75 Å². The molecular formula is C16H20ClN3O2. The number of aromatic nitrogens is 2. The van der Waals surface area contributed by atoms with Crippen molar-refractivity contribution in [3.05, 3.63) is 47.2 Å². The fourth-order valence-corrected chi connectivity index (χ4v) is 2.13. The second-order valence-corrected chi connectivity index (χ2v) is 5.60. The summed E-state index contributed by atoms with van der Waals surface area (Å²) in [5.74, 6) is 0.598. The van der Waals surface area contributed by atoms with E-state index in [2.05, 4.69) is 10.4 Å². The van der Waals surface area contributed by atoms with E-state index in [4.69, 9.17) is 16.3 Å². The molecule has 1 amide bonds. The molecule has 118 valence electrons. The molecule has 0 fully saturated rings. The molecular weight excluding hydrogens is 302 g/mol. The molecule has 1 aromatic carbocycles. The second-order valence-electron chi connectivity index (χ2n) is 5.19. The zero-order valence-electron chi connectivity index (χ0n) is 12.8. The fourth-order valence-electron chi connectivity index (χ4n) is 1.95. The molecule has 0 radical (unpaired) electrons. The summed E-state index contributed by atoms with van der Waals surface area (Å²) < 4.78 is 7.46. The molecule has 0 bridgehead atoms. The number of nitrogens with one attached hydrogen (secondary N) is 1. The lowest BCUT2D eigenvalue weighted by molar-refractivity contribution is -0.121. The van der Waals surface area contributed by atoms with Crippen LogP contribution in [0.15, 0.2) is 36.7 Å². The van der Waals surface area contributed by atoms with E-state index in [1.807, 2.05) is 32.2 Å². The number of nitrogens with zero attached hydrogens (tertiary/aromatic N) is 2. The maximum atomic E-state index is 11.8. The zero-order chi connectivity index (χ0) is 15.9. The molecule has 1 N–H and O–H groups in total. The van der Waals surface area contributed by atoms with Crippen LogP contribution >= 0.6 is 11.6 Å². The van der Waals surface area contributed by atoms with Crippen molar-refractivity contribution >= 4 is 17.5 Å². The maximum absolute atomic E-state index is 11.8. The fraction of sp³-hybridized carbons (Fsp3) is 0.375. The summed E-state index contributed by atoms with van der Waals surface area (Å²) in [7, 11) is 0. The molecule has 0 saturated heterocycles. The molecule has 0 saturated carbocycles. The molecule has 5 nitrogen and oxygen atoms in total. The van der Waals surface area contributed by atoms with Gasteiger partial charge in [-0.2, -0.15) is 5.10 Å². The van der Waals surface area contributed by atoms with Crippen molar-refractivity contribution in [3.63, 3.8) is 0 Å². The van der Waals surface area contributed by atoms with E-state index in [9.17, 15) is 4.79 Å². The first-order valence-electron chi connectivity index (χ1n) is 7.21. The van der Waals surface area contributed by atoms with Gasteiger partial charge in [-0.15, -0.1) is 0 Å². The summed E-state index contributed by atoms with van der Waals surface area (Å²) >= 11 is 6.03. The van der Waals surface area contributed by atoms with Crippen molar-refractivity contribution in [2.24, 2.45) is 0 Å². The highest BCUT2D eigenvalue weighted by Crippen LogP contribution is 2.23. The highest BCUT2D eigenvalue weighted by atomic mass is 35.5. The van der Waals surface area contributed by atoms with Crippen molar-refractivity contribution in [1.82, 2.24) is 15.1 Å². The highest BCUT2D eigenvalue weighted by Gasteiger charge is 2.09. The lowest BCUT2D eigenvalue weighted by atomic mass is 10.3. The molecule has 2 rings (SSSR count). The summed E-state index contributed by atoms with van der Waals surface area (Å²) in [5.41, 5.74) is 1.09. The molecule has 0 aliphatic rings. The van der Waals surface area contributed by atoms with Crippen LogP contribution in [0.3, 0.4) is 0 Å². The Morgan fingerprint density at radius 1 is 1.45 bits per heavy atom. The third kappa shape index (κ3) is 5.07. The van der Waals surface area contributed by atoms with Gasteiger partial charge in [-0.25, -0.2) is 0 Å². The van der Waals surface area contributed by atoms with E-state index in [1.54, 1.807) is 23.0 Å². The van der Waals surface area contributed by atoms with Crippen LogP contribution in [0.2, 0.25) is 5.02 Å². The van der Waals surface area contributed by atoms with Gasteiger partial charge in [0, 0.05) is 19.2 Å². The topological polar surface area (TPSA) is 56.2 Å². The normalized spacial score (nSPS) is 12.0. The average molecular weight is 322 g/mol. The number of benzene rings is 1. The average Bonchev–Trinajstić information content (AvgIpc) is 2.91. The Morgan fingerprint density at radius 2 is 2.23 bits per heavy atom. The number of carbonyl (C=O) groups is 1. The Morgan fingerprint density at radius 3 is 2.91 bits per heavy atom. The molecule has 0 aliphatic heterocycles. The zero-order valence-corrected chi connectivity index (χ0v) is 13.5. The van der Waals surface area contributed by atoms with Gasteiger partial charge >= 0.3 is 0 Å². The molecule has 2 aromatic rings. The Balaban J connectivity index is 1.70.